The summed E-state index contributed by atoms with van der Waals surface area (Å²) < 4.78 is 26.1. The zero-order valence-electron chi connectivity index (χ0n) is 10.5. The highest BCUT2D eigenvalue weighted by Crippen LogP contribution is 2.27. The van der Waals surface area contributed by atoms with Gasteiger partial charge < -0.3 is 0 Å². The maximum Gasteiger partial charge on any atom is 0.265 e. The van der Waals surface area contributed by atoms with Crippen molar-refractivity contribution >= 4 is 27.3 Å². The van der Waals surface area contributed by atoms with Crippen molar-refractivity contribution in [2.45, 2.75) is 4.90 Å². The summed E-state index contributed by atoms with van der Waals surface area (Å²) in [6, 6.07) is 9.13. The van der Waals surface area contributed by atoms with Gasteiger partial charge in [0.05, 0.1) is 22.3 Å². The van der Waals surface area contributed by atoms with Gasteiger partial charge >= 0.3 is 0 Å². The minimum Gasteiger partial charge on any atom is -0.269 e. The molecule has 20 heavy (non-hydrogen) atoms. The normalized spacial score (nSPS) is 10.8. The molecular formula is C13H10ClN3O2S. The SMILES string of the molecule is CN(c1ccncc1)S(=O)(=O)c1ccc(C#N)cc1Cl. The summed E-state index contributed by atoms with van der Waals surface area (Å²) >= 11 is 5.95. The van der Waals surface area contributed by atoms with Crippen LogP contribution in [-0.2, 0) is 10.0 Å². The fourth-order valence-electron chi connectivity index (χ4n) is 1.62. The third-order valence-corrected chi connectivity index (χ3v) is 4.99. The second kappa shape index (κ2) is 5.49. The third-order valence-electron chi connectivity index (χ3n) is 2.73. The van der Waals surface area contributed by atoms with E-state index in [9.17, 15) is 8.42 Å². The Bertz CT molecular complexity index is 770. The summed E-state index contributed by atoms with van der Waals surface area (Å²) in [5.74, 6) is 0. The second-order valence-electron chi connectivity index (χ2n) is 3.93. The lowest BCUT2D eigenvalue weighted by Crippen LogP contribution is -2.26. The zero-order chi connectivity index (χ0) is 14.8. The van der Waals surface area contributed by atoms with Gasteiger partial charge in [0.1, 0.15) is 4.90 Å². The number of anilines is 1. The van der Waals surface area contributed by atoms with Gasteiger partial charge in [-0.15, -0.1) is 0 Å². The van der Waals surface area contributed by atoms with Crippen molar-refractivity contribution < 1.29 is 8.42 Å². The molecule has 0 aliphatic heterocycles. The number of sulfonamides is 1. The number of pyridine rings is 1. The van der Waals surface area contributed by atoms with E-state index in [0.29, 0.717) is 11.3 Å². The number of aromatic nitrogens is 1. The molecule has 0 saturated carbocycles. The van der Waals surface area contributed by atoms with Crippen LogP contribution in [0.2, 0.25) is 5.02 Å². The van der Waals surface area contributed by atoms with E-state index in [1.807, 2.05) is 6.07 Å². The van der Waals surface area contributed by atoms with Gasteiger partial charge in [-0.1, -0.05) is 11.6 Å². The van der Waals surface area contributed by atoms with E-state index >= 15 is 0 Å². The summed E-state index contributed by atoms with van der Waals surface area (Å²) in [7, 11) is -2.35. The molecule has 102 valence electrons. The maximum atomic E-state index is 12.5. The zero-order valence-corrected chi connectivity index (χ0v) is 12.1. The molecule has 0 atom stereocenters. The van der Waals surface area contributed by atoms with E-state index in [-0.39, 0.29) is 9.92 Å². The fraction of sp³-hybridized carbons (Fsp3) is 0.0769. The molecule has 2 aromatic rings. The van der Waals surface area contributed by atoms with E-state index in [0.717, 1.165) is 4.31 Å². The van der Waals surface area contributed by atoms with Crippen molar-refractivity contribution in [1.29, 1.82) is 5.26 Å². The van der Waals surface area contributed by atoms with Crippen LogP contribution in [0.3, 0.4) is 0 Å². The van der Waals surface area contributed by atoms with Crippen LogP contribution >= 0.6 is 11.6 Å². The Hall–Kier alpha value is -2.10. The smallest absolute Gasteiger partial charge is 0.265 e. The van der Waals surface area contributed by atoms with Crippen molar-refractivity contribution in [3.8, 4) is 6.07 Å². The summed E-state index contributed by atoms with van der Waals surface area (Å²) in [5.41, 5.74) is 0.779. The first-order valence-electron chi connectivity index (χ1n) is 5.55. The Morgan fingerprint density at radius 2 is 1.90 bits per heavy atom. The summed E-state index contributed by atoms with van der Waals surface area (Å²) in [6.07, 6.45) is 3.00. The summed E-state index contributed by atoms with van der Waals surface area (Å²) in [4.78, 5) is 3.80. The molecule has 0 N–H and O–H groups in total. The van der Waals surface area contributed by atoms with Gasteiger partial charge in [0.15, 0.2) is 0 Å². The average molecular weight is 308 g/mol. The lowest BCUT2D eigenvalue weighted by molar-refractivity contribution is 0.594. The van der Waals surface area contributed by atoms with Crippen LogP contribution in [0, 0.1) is 11.3 Å². The van der Waals surface area contributed by atoms with E-state index < -0.39 is 10.0 Å². The van der Waals surface area contributed by atoms with Crippen LogP contribution in [0.5, 0.6) is 0 Å². The summed E-state index contributed by atoms with van der Waals surface area (Å²) in [6.45, 7) is 0. The molecule has 0 aliphatic carbocycles. The van der Waals surface area contributed by atoms with Gasteiger partial charge in [0.25, 0.3) is 10.0 Å². The quantitative estimate of drug-likeness (QED) is 0.873. The van der Waals surface area contributed by atoms with Gasteiger partial charge in [0.2, 0.25) is 0 Å². The Morgan fingerprint density at radius 1 is 1.25 bits per heavy atom. The van der Waals surface area contributed by atoms with Crippen LogP contribution in [0.1, 0.15) is 5.56 Å². The van der Waals surface area contributed by atoms with Gasteiger partial charge in [-0.25, -0.2) is 8.42 Å². The molecular weight excluding hydrogens is 298 g/mol. The molecule has 0 spiro atoms. The molecule has 7 heteroatoms. The minimum atomic E-state index is -3.78. The molecule has 1 aromatic heterocycles. The molecule has 0 bridgehead atoms. The van der Waals surface area contributed by atoms with Crippen LogP contribution in [-0.4, -0.2) is 20.4 Å². The third kappa shape index (κ3) is 2.59. The molecule has 0 radical (unpaired) electrons. The summed E-state index contributed by atoms with van der Waals surface area (Å²) in [5, 5.41) is 8.79. The maximum absolute atomic E-state index is 12.5. The molecule has 2 rings (SSSR count). The number of benzene rings is 1. The number of hydrogen-bond acceptors (Lipinski definition) is 4. The van der Waals surface area contributed by atoms with Crippen molar-refractivity contribution in [1.82, 2.24) is 4.98 Å². The Labute approximate surface area is 122 Å². The molecule has 5 nitrogen and oxygen atoms in total. The predicted octanol–water partition coefficient (Wildman–Crippen LogP) is 2.43. The molecule has 1 heterocycles. The molecule has 0 amide bonds. The lowest BCUT2D eigenvalue weighted by Gasteiger charge is -2.19. The second-order valence-corrected chi connectivity index (χ2v) is 6.28. The van der Waals surface area contributed by atoms with Crippen LogP contribution in [0.15, 0.2) is 47.6 Å². The first kappa shape index (κ1) is 14.3. The highest BCUT2D eigenvalue weighted by atomic mass is 35.5. The van der Waals surface area contributed by atoms with Gasteiger partial charge in [0, 0.05) is 19.4 Å². The molecule has 0 unspecified atom stereocenters. The van der Waals surface area contributed by atoms with Crippen molar-refractivity contribution in [3.05, 3.63) is 53.3 Å². The van der Waals surface area contributed by atoms with Crippen LogP contribution < -0.4 is 4.31 Å². The van der Waals surface area contributed by atoms with E-state index in [2.05, 4.69) is 4.98 Å². The van der Waals surface area contributed by atoms with Crippen molar-refractivity contribution in [2.75, 3.05) is 11.4 Å². The van der Waals surface area contributed by atoms with E-state index in [4.69, 9.17) is 16.9 Å². The largest absolute Gasteiger partial charge is 0.269 e. The van der Waals surface area contributed by atoms with Crippen LogP contribution in [0.4, 0.5) is 5.69 Å². The highest BCUT2D eigenvalue weighted by molar-refractivity contribution is 7.93. The first-order chi connectivity index (χ1) is 9.46. The minimum absolute atomic E-state index is 0.0185. The van der Waals surface area contributed by atoms with Gasteiger partial charge in [-0.05, 0) is 30.3 Å². The van der Waals surface area contributed by atoms with Crippen molar-refractivity contribution in [3.63, 3.8) is 0 Å². The molecule has 0 fully saturated rings. The number of hydrogen-bond donors (Lipinski definition) is 0. The number of halogens is 1. The van der Waals surface area contributed by atoms with Gasteiger partial charge in [-0.3, -0.25) is 9.29 Å². The lowest BCUT2D eigenvalue weighted by atomic mass is 10.2. The standard InChI is InChI=1S/C13H10ClN3O2S/c1-17(11-4-6-16-7-5-11)20(18,19)13-3-2-10(9-15)8-12(13)14/h2-8H,1H3. The van der Waals surface area contributed by atoms with Gasteiger partial charge in [-0.2, -0.15) is 5.26 Å². The molecule has 1 aromatic carbocycles. The van der Waals surface area contributed by atoms with E-state index in [1.165, 1.54) is 37.6 Å². The van der Waals surface area contributed by atoms with Crippen LogP contribution in [0.25, 0.3) is 0 Å². The van der Waals surface area contributed by atoms with Crippen molar-refractivity contribution in [2.24, 2.45) is 0 Å². The Morgan fingerprint density at radius 3 is 2.45 bits per heavy atom. The molecule has 0 saturated heterocycles. The average Bonchev–Trinajstić information content (AvgIpc) is 2.46. The number of nitriles is 1. The monoisotopic (exact) mass is 307 g/mol. The number of nitrogens with zero attached hydrogens (tertiary/aromatic N) is 3. The first-order valence-corrected chi connectivity index (χ1v) is 7.37. The fourth-order valence-corrected chi connectivity index (χ4v) is 3.33. The number of rotatable bonds is 3. The Balaban J connectivity index is 2.49. The van der Waals surface area contributed by atoms with E-state index in [1.54, 1.807) is 12.1 Å². The Kier molecular flexibility index (Phi) is 3.93. The highest BCUT2D eigenvalue weighted by Gasteiger charge is 2.24. The molecule has 0 aliphatic rings. The predicted molar refractivity (Wildman–Crippen MR) is 76.0 cm³/mol. The topological polar surface area (TPSA) is 74.1 Å².